The van der Waals surface area contributed by atoms with Crippen LogP contribution < -0.4 is 35.0 Å². The number of cyclic esters (lactones) is 1. The lowest BCUT2D eigenvalue weighted by molar-refractivity contribution is -0.142. The van der Waals surface area contributed by atoms with Crippen LogP contribution in [0.15, 0.2) is 30.9 Å². The van der Waals surface area contributed by atoms with Crippen molar-refractivity contribution in [1.82, 2.24) is 30.6 Å². The molecule has 0 spiro atoms. The number of rotatable bonds is 10. The van der Waals surface area contributed by atoms with Crippen LogP contribution in [0, 0.1) is 17.3 Å². The Labute approximate surface area is 363 Å². The number of sulfonamides is 1. The minimum absolute atomic E-state index is 0.0151. The second-order valence-corrected chi connectivity index (χ2v) is 20.3. The van der Waals surface area contributed by atoms with Crippen LogP contribution in [0.5, 0.6) is 11.5 Å². The molecule has 1 aromatic heterocycles. The molecule has 4 bridgehead atoms. The van der Waals surface area contributed by atoms with E-state index >= 15 is 4.79 Å². The molecule has 5 aliphatic rings. The summed E-state index contributed by atoms with van der Waals surface area (Å²) in [5.74, 6) is -1.54. The van der Waals surface area contributed by atoms with Gasteiger partial charge in [0.2, 0.25) is 21.8 Å². The first-order valence-electron chi connectivity index (χ1n) is 21.9. The molecule has 2 aromatic rings. The molecule has 338 valence electrons. The molecule has 1 aromatic carbocycles. The minimum atomic E-state index is -3.94. The van der Waals surface area contributed by atoms with Gasteiger partial charge in [-0.3, -0.25) is 24.0 Å². The molecular formula is C44H61N7O10S. The number of benzene rings is 1. The molecule has 6 amide bonds. The zero-order valence-electron chi connectivity index (χ0n) is 36.4. The summed E-state index contributed by atoms with van der Waals surface area (Å²) in [4.78, 5) is 77.7. The Morgan fingerprint density at radius 2 is 1.84 bits per heavy atom. The fourth-order valence-electron chi connectivity index (χ4n) is 9.14. The third-order valence-corrected chi connectivity index (χ3v) is 14.9. The molecule has 2 aliphatic heterocycles. The number of nitrogens with zero attached hydrogens (tertiary/aromatic N) is 3. The summed E-state index contributed by atoms with van der Waals surface area (Å²) in [5.41, 5.74) is -0.621. The molecule has 1 saturated heterocycles. The van der Waals surface area contributed by atoms with Gasteiger partial charge in [0.05, 0.1) is 31.0 Å². The average molecular weight is 880 g/mol. The molecule has 3 heterocycles. The molecule has 0 radical (unpaired) electrons. The first-order chi connectivity index (χ1) is 29.5. The van der Waals surface area contributed by atoms with E-state index in [1.807, 2.05) is 26.8 Å². The third-order valence-electron chi connectivity index (χ3n) is 13.1. The van der Waals surface area contributed by atoms with E-state index in [0.29, 0.717) is 67.5 Å². The Bertz CT molecular complexity index is 2210. The lowest BCUT2D eigenvalue weighted by Gasteiger charge is -2.35. The van der Waals surface area contributed by atoms with Crippen LogP contribution in [-0.2, 0) is 35.6 Å². The van der Waals surface area contributed by atoms with E-state index in [0.717, 1.165) is 31.2 Å². The van der Waals surface area contributed by atoms with Crippen LogP contribution in [0.3, 0.4) is 0 Å². The van der Waals surface area contributed by atoms with E-state index in [1.54, 1.807) is 26.3 Å². The predicted octanol–water partition coefficient (Wildman–Crippen LogP) is 4.46. The van der Waals surface area contributed by atoms with Crippen molar-refractivity contribution in [3.05, 3.63) is 36.4 Å². The normalized spacial score (nSPS) is 26.8. The fraction of sp³-hybridized carbons (Fsp3) is 0.636. The smallest absolute Gasteiger partial charge is 0.407 e. The van der Waals surface area contributed by atoms with Gasteiger partial charge in [0, 0.05) is 43.5 Å². The molecule has 4 fully saturated rings. The number of anilines is 1. The Morgan fingerprint density at radius 3 is 2.50 bits per heavy atom. The topological polar surface area (TPSA) is 215 Å². The maximum absolute atomic E-state index is 15.0. The summed E-state index contributed by atoms with van der Waals surface area (Å²) >= 11 is 0. The van der Waals surface area contributed by atoms with Gasteiger partial charge in [0.15, 0.2) is 0 Å². The van der Waals surface area contributed by atoms with Gasteiger partial charge < -0.3 is 35.1 Å². The number of alkyl carbamates (subject to hydrolysis) is 1. The highest BCUT2D eigenvalue weighted by molar-refractivity contribution is 7.91. The first-order valence-corrected chi connectivity index (χ1v) is 23.5. The molecule has 3 saturated carbocycles. The van der Waals surface area contributed by atoms with Crippen molar-refractivity contribution in [2.45, 2.75) is 127 Å². The third kappa shape index (κ3) is 9.59. The number of carbonyl (C=O) groups excluding carboxylic acids is 5. The standard InChI is InChI=1S/C44H61N7O10S/c1-7-28-23-44(28,40(54)49-62(57,58)30-16-17-30)48-38(52)33-20-29-24-51(33)39(53)37(26-13-10-9-11-14-26)47-42(56)60-25-43(3,4)18-12-15-27-19-31-32(21-34(27)59-6)46-36(22-35(31)61-29)50(5)41(55)45-8-2/h7,19,21-22,26,28-30,33,37H,1,8-18,20,23-25H2,2-6H3,(H,45,55)(H,47,56)(H,48,52)(H,49,54)/t28-,29+,33-,37-,44+/m0/s1. The summed E-state index contributed by atoms with van der Waals surface area (Å²) in [6.07, 6.45) is 7.15. The summed E-state index contributed by atoms with van der Waals surface area (Å²) < 4.78 is 46.4. The van der Waals surface area contributed by atoms with Crippen LogP contribution >= 0.6 is 0 Å². The van der Waals surface area contributed by atoms with E-state index in [4.69, 9.17) is 19.2 Å². The van der Waals surface area contributed by atoms with E-state index in [9.17, 15) is 27.6 Å². The fourth-order valence-corrected chi connectivity index (χ4v) is 10.5. The second kappa shape index (κ2) is 17.9. The summed E-state index contributed by atoms with van der Waals surface area (Å²) in [7, 11) is -0.765. The van der Waals surface area contributed by atoms with E-state index in [-0.39, 0.29) is 43.8 Å². The Hall–Kier alpha value is -5.13. The van der Waals surface area contributed by atoms with Crippen LogP contribution in [0.1, 0.15) is 97.0 Å². The zero-order chi connectivity index (χ0) is 44.6. The number of nitrogens with one attached hydrogen (secondary N) is 4. The highest BCUT2D eigenvalue weighted by atomic mass is 32.2. The van der Waals surface area contributed by atoms with Crippen LogP contribution in [0.2, 0.25) is 0 Å². The van der Waals surface area contributed by atoms with Gasteiger partial charge in [-0.15, -0.1) is 6.58 Å². The Balaban J connectivity index is 1.29. The van der Waals surface area contributed by atoms with Crippen molar-refractivity contribution in [2.75, 3.05) is 38.8 Å². The minimum Gasteiger partial charge on any atom is -0.496 e. The molecular weight excluding hydrogens is 819 g/mol. The summed E-state index contributed by atoms with van der Waals surface area (Å²) in [6.45, 7) is 10.1. The molecule has 0 unspecified atom stereocenters. The monoisotopic (exact) mass is 879 g/mol. The highest BCUT2D eigenvalue weighted by Gasteiger charge is 2.62. The SMILES string of the molecule is C=C[C@H]1C[C@]1(NC(=O)[C@@H]1C[C@@H]2CN1C(=O)[C@H](C1CCCCC1)NC(=O)OCC(C)(C)CCCc1cc3c(cc(N(C)C(=O)NCC)nc3cc1OC)O2)C(=O)NS(=O)(=O)C1CC1. The van der Waals surface area contributed by atoms with Crippen LogP contribution in [0.4, 0.5) is 15.4 Å². The number of hydrogen-bond donors (Lipinski definition) is 4. The second-order valence-electron chi connectivity index (χ2n) is 18.3. The molecule has 7 rings (SSSR count). The van der Waals surface area contributed by atoms with Gasteiger partial charge in [0.25, 0.3) is 5.91 Å². The lowest BCUT2D eigenvalue weighted by atomic mass is 9.83. The van der Waals surface area contributed by atoms with E-state index < -0.39 is 74.1 Å². The Morgan fingerprint density at radius 1 is 1.10 bits per heavy atom. The number of carbonyl (C=O) groups is 5. The van der Waals surface area contributed by atoms with Gasteiger partial charge in [-0.2, -0.15) is 0 Å². The molecule has 62 heavy (non-hydrogen) atoms. The number of aryl methyl sites for hydroxylation is 1. The van der Waals surface area contributed by atoms with Crippen molar-refractivity contribution >= 4 is 56.6 Å². The van der Waals surface area contributed by atoms with Gasteiger partial charge in [0.1, 0.15) is 41.0 Å². The zero-order valence-corrected chi connectivity index (χ0v) is 37.2. The summed E-state index contributed by atoms with van der Waals surface area (Å²) in [5, 5.41) is 8.51. The van der Waals surface area contributed by atoms with Crippen molar-refractivity contribution < 1.29 is 46.6 Å². The largest absolute Gasteiger partial charge is 0.496 e. The van der Waals surface area contributed by atoms with Crippen molar-refractivity contribution in [3.8, 4) is 11.5 Å². The Kier molecular flexibility index (Phi) is 13.0. The van der Waals surface area contributed by atoms with Crippen LogP contribution in [0.25, 0.3) is 10.9 Å². The van der Waals surface area contributed by atoms with E-state index in [1.165, 1.54) is 15.9 Å². The molecule has 3 aliphatic carbocycles. The predicted molar refractivity (Wildman–Crippen MR) is 231 cm³/mol. The number of hydrogen-bond acceptors (Lipinski definition) is 11. The van der Waals surface area contributed by atoms with Crippen molar-refractivity contribution in [1.29, 1.82) is 0 Å². The lowest BCUT2D eigenvalue weighted by Crippen LogP contribution is -2.59. The number of methoxy groups -OCH3 is 1. The quantitative estimate of drug-likeness (QED) is 0.245. The maximum atomic E-state index is 15.0. The van der Waals surface area contributed by atoms with Crippen LogP contribution in [-0.4, -0.2) is 111 Å². The number of ether oxygens (including phenoxy) is 3. The number of amides is 6. The number of pyridine rings is 1. The van der Waals surface area contributed by atoms with Gasteiger partial charge in [-0.25, -0.2) is 23.0 Å². The summed E-state index contributed by atoms with van der Waals surface area (Å²) in [6, 6.07) is 2.83. The highest BCUT2D eigenvalue weighted by Crippen LogP contribution is 2.46. The first kappa shape index (κ1) is 44.9. The average Bonchev–Trinajstić information content (AvgIpc) is 4.18. The number of urea groups is 1. The number of fused-ring (bicyclic) bond motifs is 3. The van der Waals surface area contributed by atoms with Gasteiger partial charge in [-0.1, -0.05) is 39.2 Å². The van der Waals surface area contributed by atoms with Crippen molar-refractivity contribution in [3.63, 3.8) is 0 Å². The molecule has 17 nitrogen and oxygen atoms in total. The van der Waals surface area contributed by atoms with Crippen molar-refractivity contribution in [2.24, 2.45) is 17.3 Å². The molecule has 4 N–H and O–H groups in total. The van der Waals surface area contributed by atoms with E-state index in [2.05, 4.69) is 27.3 Å². The number of aromatic nitrogens is 1. The maximum Gasteiger partial charge on any atom is 0.407 e. The molecule has 5 atom stereocenters. The molecule has 18 heteroatoms. The van der Waals surface area contributed by atoms with Gasteiger partial charge >= 0.3 is 12.1 Å². The van der Waals surface area contributed by atoms with Gasteiger partial charge in [-0.05, 0) is 81.3 Å².